The van der Waals surface area contributed by atoms with Gasteiger partial charge in [-0.1, -0.05) is 51.1 Å². The maximum Gasteiger partial charge on any atom is 0.376 e. The number of benzene rings is 1. The second kappa shape index (κ2) is 9.61. The van der Waals surface area contributed by atoms with Crippen LogP contribution in [-0.2, 0) is 16.3 Å². The molecule has 3 rings (SSSR count). The highest BCUT2D eigenvalue weighted by molar-refractivity contribution is 6.74. The minimum absolute atomic E-state index is 0.000801. The van der Waals surface area contributed by atoms with Gasteiger partial charge in [0.2, 0.25) is 0 Å². The third-order valence-corrected chi connectivity index (χ3v) is 12.1. The third-order valence-electron chi connectivity index (χ3n) is 7.54. The molecule has 0 saturated carbocycles. The van der Waals surface area contributed by atoms with Gasteiger partial charge in [0.1, 0.15) is 0 Å². The molecule has 0 aliphatic carbocycles. The van der Waals surface area contributed by atoms with Crippen molar-refractivity contribution in [1.29, 1.82) is 0 Å². The molecule has 1 aromatic heterocycles. The zero-order chi connectivity index (χ0) is 22.7. The molecule has 7 heteroatoms. The van der Waals surface area contributed by atoms with Gasteiger partial charge < -0.3 is 14.3 Å². The van der Waals surface area contributed by atoms with Crippen LogP contribution in [0.25, 0.3) is 0 Å². The average molecular weight is 442 g/mol. The van der Waals surface area contributed by atoms with E-state index in [-0.39, 0.29) is 10.5 Å². The second-order valence-electron chi connectivity index (χ2n) is 10.7. The molecular formula is C24H40BN3O2Si. The average Bonchev–Trinajstić information content (AvgIpc) is 3.17. The SMILES string of the molecule is CB(O)N1CCC(CCO[Si](C)(C)C(C)(C)C)(c2cc(Cc3ccccc3)[nH]n2)CC1. The zero-order valence-electron chi connectivity index (χ0n) is 20.2. The van der Waals surface area contributed by atoms with Gasteiger partial charge in [-0.15, -0.1) is 0 Å². The number of hydrogen-bond acceptors (Lipinski definition) is 4. The number of nitrogens with one attached hydrogen (secondary N) is 1. The minimum Gasteiger partial charge on any atom is -0.437 e. The van der Waals surface area contributed by atoms with E-state index in [0.717, 1.165) is 56.8 Å². The molecule has 1 aromatic carbocycles. The van der Waals surface area contributed by atoms with E-state index in [1.165, 1.54) is 5.56 Å². The molecule has 2 heterocycles. The lowest BCUT2D eigenvalue weighted by molar-refractivity contribution is 0.165. The molecule has 1 aliphatic rings. The Morgan fingerprint density at radius 2 is 1.84 bits per heavy atom. The summed E-state index contributed by atoms with van der Waals surface area (Å²) in [6.45, 7) is 15.9. The van der Waals surface area contributed by atoms with Crippen LogP contribution in [0.15, 0.2) is 36.4 Å². The van der Waals surface area contributed by atoms with Gasteiger partial charge in [-0.2, -0.15) is 5.10 Å². The predicted octanol–water partition coefficient (Wildman–Crippen LogP) is 4.86. The predicted molar refractivity (Wildman–Crippen MR) is 132 cm³/mol. The Balaban J connectivity index is 1.75. The molecule has 0 radical (unpaired) electrons. The van der Waals surface area contributed by atoms with Crippen molar-refractivity contribution in [3.05, 3.63) is 53.3 Å². The molecule has 170 valence electrons. The Labute approximate surface area is 189 Å². The van der Waals surface area contributed by atoms with E-state index in [4.69, 9.17) is 9.52 Å². The Hall–Kier alpha value is -1.41. The fourth-order valence-electron chi connectivity index (χ4n) is 4.22. The highest BCUT2D eigenvalue weighted by Crippen LogP contribution is 2.41. The smallest absolute Gasteiger partial charge is 0.376 e. The number of piperidine rings is 1. The van der Waals surface area contributed by atoms with Crippen molar-refractivity contribution in [2.75, 3.05) is 19.7 Å². The van der Waals surface area contributed by atoms with Crippen LogP contribution in [0.4, 0.5) is 0 Å². The van der Waals surface area contributed by atoms with Crippen molar-refractivity contribution in [1.82, 2.24) is 15.0 Å². The van der Waals surface area contributed by atoms with Crippen LogP contribution in [0.3, 0.4) is 0 Å². The van der Waals surface area contributed by atoms with E-state index in [2.05, 4.69) is 80.2 Å². The Morgan fingerprint density at radius 3 is 2.42 bits per heavy atom. The zero-order valence-corrected chi connectivity index (χ0v) is 21.2. The minimum atomic E-state index is -1.78. The van der Waals surface area contributed by atoms with Crippen LogP contribution in [0.2, 0.25) is 25.0 Å². The van der Waals surface area contributed by atoms with E-state index < -0.39 is 15.4 Å². The number of aromatic amines is 1. The fourth-order valence-corrected chi connectivity index (χ4v) is 5.26. The lowest BCUT2D eigenvalue weighted by Gasteiger charge is -2.43. The number of hydrogen-bond donors (Lipinski definition) is 2. The molecule has 31 heavy (non-hydrogen) atoms. The lowest BCUT2D eigenvalue weighted by Crippen LogP contribution is -2.49. The molecule has 0 unspecified atom stereocenters. The first-order valence-corrected chi connectivity index (χ1v) is 14.6. The summed E-state index contributed by atoms with van der Waals surface area (Å²) in [6.07, 6.45) is 3.83. The van der Waals surface area contributed by atoms with Crippen LogP contribution < -0.4 is 0 Å². The van der Waals surface area contributed by atoms with Crippen molar-refractivity contribution in [2.45, 2.75) is 76.8 Å². The molecule has 0 atom stereocenters. The van der Waals surface area contributed by atoms with Crippen molar-refractivity contribution in [3.63, 3.8) is 0 Å². The monoisotopic (exact) mass is 441 g/mol. The summed E-state index contributed by atoms with van der Waals surface area (Å²) < 4.78 is 6.56. The Morgan fingerprint density at radius 1 is 1.19 bits per heavy atom. The highest BCUT2D eigenvalue weighted by atomic mass is 28.4. The quantitative estimate of drug-likeness (QED) is 0.575. The first-order valence-electron chi connectivity index (χ1n) is 11.7. The van der Waals surface area contributed by atoms with Crippen molar-refractivity contribution >= 4 is 15.4 Å². The molecule has 1 aliphatic heterocycles. The van der Waals surface area contributed by atoms with E-state index >= 15 is 0 Å². The molecule has 2 N–H and O–H groups in total. The Kier molecular flexibility index (Phi) is 7.51. The van der Waals surface area contributed by atoms with Gasteiger partial charge >= 0.3 is 7.05 Å². The van der Waals surface area contributed by atoms with Crippen LogP contribution in [0.1, 0.15) is 57.0 Å². The lowest BCUT2D eigenvalue weighted by atomic mass is 9.70. The molecule has 2 aromatic rings. The molecule has 1 fully saturated rings. The van der Waals surface area contributed by atoms with Gasteiger partial charge in [-0.25, -0.2) is 0 Å². The highest BCUT2D eigenvalue weighted by Gasteiger charge is 2.41. The van der Waals surface area contributed by atoms with Gasteiger partial charge in [0.05, 0.1) is 5.69 Å². The van der Waals surface area contributed by atoms with Crippen molar-refractivity contribution in [2.24, 2.45) is 0 Å². The van der Waals surface area contributed by atoms with Gasteiger partial charge in [0.25, 0.3) is 0 Å². The summed E-state index contributed by atoms with van der Waals surface area (Å²) in [6, 6.07) is 12.8. The van der Waals surface area contributed by atoms with Crippen LogP contribution in [0, 0.1) is 0 Å². The van der Waals surface area contributed by atoms with E-state index in [9.17, 15) is 5.02 Å². The standard InChI is InChI=1S/C24H40BN3O2Si/c1-23(2,3)31(5,6)30-17-14-24(12-15-28(16-13-24)25(4)29)22-19-21(26-27-22)18-20-10-8-7-9-11-20/h7-11,19,29H,12-18H2,1-6H3,(H,26,27). The van der Waals surface area contributed by atoms with Crippen molar-refractivity contribution in [3.8, 4) is 0 Å². The summed E-state index contributed by atoms with van der Waals surface area (Å²) in [5.41, 5.74) is 3.60. The maximum atomic E-state index is 10.0. The largest absolute Gasteiger partial charge is 0.437 e. The van der Waals surface area contributed by atoms with Gasteiger partial charge in [-0.3, -0.25) is 5.10 Å². The van der Waals surface area contributed by atoms with Gasteiger partial charge in [0, 0.05) is 24.1 Å². The van der Waals surface area contributed by atoms with Gasteiger partial charge in [0.15, 0.2) is 8.32 Å². The Bertz CT molecular complexity index is 825. The van der Waals surface area contributed by atoms with Crippen LogP contribution in [0.5, 0.6) is 0 Å². The van der Waals surface area contributed by atoms with E-state index in [0.29, 0.717) is 0 Å². The van der Waals surface area contributed by atoms with Gasteiger partial charge in [-0.05, 0) is 68.9 Å². The summed E-state index contributed by atoms with van der Waals surface area (Å²) in [5, 5.41) is 18.3. The number of rotatable bonds is 8. The maximum absolute atomic E-state index is 10.0. The molecule has 5 nitrogen and oxygen atoms in total. The fraction of sp³-hybridized carbons (Fsp3) is 0.625. The summed E-state index contributed by atoms with van der Waals surface area (Å²) >= 11 is 0. The number of nitrogens with zero attached hydrogens (tertiary/aromatic N) is 2. The number of aromatic nitrogens is 2. The first kappa shape index (κ1) is 24.2. The van der Waals surface area contributed by atoms with E-state index in [1.807, 2.05) is 6.82 Å². The number of H-pyrrole nitrogens is 1. The summed E-state index contributed by atoms with van der Waals surface area (Å²) in [4.78, 5) is 2.16. The molecule has 0 amide bonds. The molecular weight excluding hydrogens is 401 g/mol. The summed E-state index contributed by atoms with van der Waals surface area (Å²) in [7, 11) is -2.17. The van der Waals surface area contributed by atoms with E-state index in [1.54, 1.807) is 0 Å². The first-order chi connectivity index (χ1) is 14.5. The second-order valence-corrected chi connectivity index (χ2v) is 15.6. The molecule has 1 saturated heterocycles. The third kappa shape index (κ3) is 5.89. The normalized spacial score (nSPS) is 17.6. The molecule has 0 bridgehead atoms. The topological polar surface area (TPSA) is 61.4 Å². The van der Waals surface area contributed by atoms with Crippen LogP contribution >= 0.6 is 0 Å². The van der Waals surface area contributed by atoms with Crippen molar-refractivity contribution < 1.29 is 9.45 Å². The molecule has 0 spiro atoms. The summed E-state index contributed by atoms with van der Waals surface area (Å²) in [5.74, 6) is 0. The van der Waals surface area contributed by atoms with Crippen LogP contribution in [-0.4, -0.2) is 55.1 Å².